The fourth-order valence-corrected chi connectivity index (χ4v) is 3.89. The lowest BCUT2D eigenvalue weighted by Gasteiger charge is -2.37. The number of piperidine rings is 1. The Morgan fingerprint density at radius 3 is 2.54 bits per heavy atom. The van der Waals surface area contributed by atoms with Gasteiger partial charge in [0, 0.05) is 6.04 Å². The number of esters is 1. The maximum absolute atomic E-state index is 12.8. The van der Waals surface area contributed by atoms with Crippen molar-refractivity contribution >= 4 is 17.9 Å². The number of nitrogens with zero attached hydrogens (tertiary/aromatic N) is 1. The second kappa shape index (κ2) is 7.76. The summed E-state index contributed by atoms with van der Waals surface area (Å²) < 4.78 is 4.82. The summed E-state index contributed by atoms with van der Waals surface area (Å²) in [6.45, 7) is 1.89. The van der Waals surface area contributed by atoms with Crippen molar-refractivity contribution in [2.75, 3.05) is 7.11 Å². The van der Waals surface area contributed by atoms with Crippen LogP contribution in [-0.2, 0) is 14.3 Å². The Bertz CT molecular complexity index is 679. The monoisotopic (exact) mass is 359 g/mol. The number of hydrogen-bond acceptors (Lipinski definition) is 4. The standard InChI is InChI=1S/C19H25N3O4/c1-12(13-6-4-3-5-7-13)20-19(25)21-15-10-8-14-9-11-16(18(24)26-2)22(14)17(15)23/h3-7,12,14-16H,8-11H2,1-2H3,(H2,20,21,25)/t12-,14+,15+,16+/m1/s1. The third kappa shape index (κ3) is 3.66. The molecule has 0 unspecified atom stereocenters. The summed E-state index contributed by atoms with van der Waals surface area (Å²) in [5, 5.41) is 5.62. The van der Waals surface area contributed by atoms with Crippen LogP contribution in [0.1, 0.15) is 44.2 Å². The average molecular weight is 359 g/mol. The number of carbonyl (C=O) groups excluding carboxylic acids is 3. The van der Waals surface area contributed by atoms with Crippen LogP contribution >= 0.6 is 0 Å². The molecule has 0 radical (unpaired) electrons. The Labute approximate surface area is 153 Å². The van der Waals surface area contributed by atoms with Gasteiger partial charge in [0.05, 0.1) is 13.2 Å². The second-order valence-corrected chi connectivity index (χ2v) is 6.90. The van der Waals surface area contributed by atoms with Gasteiger partial charge in [-0.3, -0.25) is 4.79 Å². The lowest BCUT2D eigenvalue weighted by Crippen LogP contribution is -2.58. The highest BCUT2D eigenvalue weighted by atomic mass is 16.5. The van der Waals surface area contributed by atoms with E-state index in [1.165, 1.54) is 7.11 Å². The molecular formula is C19H25N3O4. The summed E-state index contributed by atoms with van der Waals surface area (Å²) in [4.78, 5) is 38.7. The van der Waals surface area contributed by atoms with Crippen LogP contribution in [0, 0.1) is 0 Å². The van der Waals surface area contributed by atoms with Crippen molar-refractivity contribution in [2.24, 2.45) is 0 Å². The Morgan fingerprint density at radius 1 is 1.15 bits per heavy atom. The largest absolute Gasteiger partial charge is 0.467 e. The fourth-order valence-electron chi connectivity index (χ4n) is 3.89. The van der Waals surface area contributed by atoms with Gasteiger partial charge in [-0.25, -0.2) is 9.59 Å². The van der Waals surface area contributed by atoms with E-state index < -0.39 is 12.1 Å². The molecule has 1 aromatic carbocycles. The Kier molecular flexibility index (Phi) is 5.44. The van der Waals surface area contributed by atoms with Crippen LogP contribution < -0.4 is 10.6 Å². The zero-order valence-electron chi connectivity index (χ0n) is 15.1. The van der Waals surface area contributed by atoms with Crippen LogP contribution in [-0.4, -0.2) is 48.0 Å². The summed E-state index contributed by atoms with van der Waals surface area (Å²) in [5.74, 6) is -0.583. The molecule has 0 bridgehead atoms. The quantitative estimate of drug-likeness (QED) is 0.802. The number of rotatable bonds is 4. The normalized spacial score (nSPS) is 26.0. The number of carbonyl (C=O) groups is 3. The molecule has 2 saturated heterocycles. The number of amides is 3. The highest BCUT2D eigenvalue weighted by Crippen LogP contribution is 2.33. The van der Waals surface area contributed by atoms with E-state index in [1.807, 2.05) is 37.3 Å². The summed E-state index contributed by atoms with van der Waals surface area (Å²) in [6, 6.07) is 7.99. The molecule has 3 amide bonds. The molecule has 1 aromatic rings. The SMILES string of the molecule is COC(=O)[C@@H]1CC[C@@H]2CC[C@H](NC(=O)N[C@H](C)c3ccccc3)C(=O)N21. The van der Waals surface area contributed by atoms with Crippen molar-refractivity contribution in [3.8, 4) is 0 Å². The van der Waals surface area contributed by atoms with E-state index in [4.69, 9.17) is 4.74 Å². The van der Waals surface area contributed by atoms with E-state index in [1.54, 1.807) is 4.90 Å². The summed E-state index contributed by atoms with van der Waals surface area (Å²) in [7, 11) is 1.33. The van der Waals surface area contributed by atoms with Crippen molar-refractivity contribution in [1.29, 1.82) is 0 Å². The molecule has 2 fully saturated rings. The first-order chi connectivity index (χ1) is 12.5. The first kappa shape index (κ1) is 18.2. The molecule has 2 aliphatic rings. The Balaban J connectivity index is 1.60. The van der Waals surface area contributed by atoms with Crippen molar-refractivity contribution < 1.29 is 19.1 Å². The van der Waals surface area contributed by atoms with E-state index in [0.29, 0.717) is 12.8 Å². The third-order valence-corrected chi connectivity index (χ3v) is 5.27. The predicted octanol–water partition coefficient (Wildman–Crippen LogP) is 1.74. The number of hydrogen-bond donors (Lipinski definition) is 2. The zero-order chi connectivity index (χ0) is 18.7. The molecule has 2 heterocycles. The predicted molar refractivity (Wildman–Crippen MR) is 95.2 cm³/mol. The van der Waals surface area contributed by atoms with Gasteiger partial charge in [-0.2, -0.15) is 0 Å². The molecule has 3 rings (SSSR count). The summed E-state index contributed by atoms with van der Waals surface area (Å²) in [6.07, 6.45) is 2.78. The smallest absolute Gasteiger partial charge is 0.328 e. The topological polar surface area (TPSA) is 87.7 Å². The van der Waals surface area contributed by atoms with Crippen LogP contribution in [0.2, 0.25) is 0 Å². The van der Waals surface area contributed by atoms with Crippen LogP contribution in [0.25, 0.3) is 0 Å². The number of ether oxygens (including phenoxy) is 1. The van der Waals surface area contributed by atoms with Gasteiger partial charge in [0.15, 0.2) is 0 Å². The minimum absolute atomic E-state index is 0.0657. The van der Waals surface area contributed by atoms with E-state index in [0.717, 1.165) is 18.4 Å². The first-order valence-corrected chi connectivity index (χ1v) is 9.03. The van der Waals surface area contributed by atoms with Gasteiger partial charge >= 0.3 is 12.0 Å². The Morgan fingerprint density at radius 2 is 1.85 bits per heavy atom. The minimum atomic E-state index is -0.612. The molecule has 0 spiro atoms. The van der Waals surface area contributed by atoms with E-state index in [9.17, 15) is 14.4 Å². The van der Waals surface area contributed by atoms with E-state index in [2.05, 4.69) is 10.6 Å². The van der Waals surface area contributed by atoms with Gasteiger partial charge in [0.2, 0.25) is 5.91 Å². The maximum atomic E-state index is 12.8. The molecule has 26 heavy (non-hydrogen) atoms. The molecular weight excluding hydrogens is 334 g/mol. The van der Waals surface area contributed by atoms with Crippen molar-refractivity contribution in [2.45, 2.75) is 56.8 Å². The van der Waals surface area contributed by atoms with Crippen LogP contribution in [0.3, 0.4) is 0 Å². The number of fused-ring (bicyclic) bond motifs is 1. The van der Waals surface area contributed by atoms with Crippen LogP contribution in [0.4, 0.5) is 4.79 Å². The van der Waals surface area contributed by atoms with E-state index >= 15 is 0 Å². The maximum Gasteiger partial charge on any atom is 0.328 e. The minimum Gasteiger partial charge on any atom is -0.467 e. The first-order valence-electron chi connectivity index (χ1n) is 9.03. The molecule has 0 aliphatic carbocycles. The highest BCUT2D eigenvalue weighted by Gasteiger charge is 2.46. The third-order valence-electron chi connectivity index (χ3n) is 5.27. The van der Waals surface area contributed by atoms with Crippen molar-refractivity contribution in [3.63, 3.8) is 0 Å². The van der Waals surface area contributed by atoms with Crippen LogP contribution in [0.5, 0.6) is 0 Å². The molecule has 2 aliphatic heterocycles. The summed E-state index contributed by atoms with van der Waals surface area (Å²) in [5.41, 5.74) is 0.989. The molecule has 2 N–H and O–H groups in total. The van der Waals surface area contributed by atoms with Crippen molar-refractivity contribution in [3.05, 3.63) is 35.9 Å². The molecule has 7 heteroatoms. The van der Waals surface area contributed by atoms with Crippen molar-refractivity contribution in [1.82, 2.24) is 15.5 Å². The van der Waals surface area contributed by atoms with Gasteiger partial charge in [-0.1, -0.05) is 30.3 Å². The second-order valence-electron chi connectivity index (χ2n) is 6.90. The average Bonchev–Trinajstić information content (AvgIpc) is 3.09. The number of benzene rings is 1. The van der Waals surface area contributed by atoms with Gasteiger partial charge in [0.25, 0.3) is 0 Å². The molecule has 0 saturated carbocycles. The number of methoxy groups -OCH3 is 1. The highest BCUT2D eigenvalue weighted by molar-refractivity contribution is 5.91. The molecule has 7 nitrogen and oxygen atoms in total. The van der Waals surface area contributed by atoms with Gasteiger partial charge in [-0.05, 0) is 38.2 Å². The zero-order valence-corrected chi connectivity index (χ0v) is 15.1. The lowest BCUT2D eigenvalue weighted by molar-refractivity contribution is -0.154. The van der Waals surface area contributed by atoms with Gasteiger partial charge < -0.3 is 20.3 Å². The molecule has 140 valence electrons. The lowest BCUT2D eigenvalue weighted by atomic mass is 9.98. The molecule has 4 atom stereocenters. The van der Waals surface area contributed by atoms with Gasteiger partial charge in [-0.15, -0.1) is 0 Å². The summed E-state index contributed by atoms with van der Waals surface area (Å²) >= 11 is 0. The van der Waals surface area contributed by atoms with Gasteiger partial charge in [0.1, 0.15) is 12.1 Å². The van der Waals surface area contributed by atoms with Crippen LogP contribution in [0.15, 0.2) is 30.3 Å². The fraction of sp³-hybridized carbons (Fsp3) is 0.526. The Hall–Kier alpha value is -2.57. The molecule has 0 aromatic heterocycles. The number of urea groups is 1. The number of nitrogens with one attached hydrogen (secondary N) is 2. The van der Waals surface area contributed by atoms with E-state index in [-0.39, 0.29) is 30.0 Å².